The number of rotatable bonds is 4. The second kappa shape index (κ2) is 6.63. The number of hydrogen-bond acceptors (Lipinski definition) is 4. The predicted octanol–water partition coefficient (Wildman–Crippen LogP) is 2.42. The number of thiophene rings is 1. The van der Waals surface area contributed by atoms with Gasteiger partial charge in [-0.1, -0.05) is 6.07 Å². The van der Waals surface area contributed by atoms with Crippen molar-refractivity contribution in [3.63, 3.8) is 0 Å². The summed E-state index contributed by atoms with van der Waals surface area (Å²) >= 11 is 1.42. The maximum Gasteiger partial charge on any atom is 0.329 e. The van der Waals surface area contributed by atoms with Crippen LogP contribution in [0.25, 0.3) is 6.08 Å². The first kappa shape index (κ1) is 15.9. The molecule has 6 nitrogen and oxygen atoms in total. The van der Waals surface area contributed by atoms with Gasteiger partial charge in [-0.25, -0.2) is 14.1 Å². The van der Waals surface area contributed by atoms with Crippen LogP contribution in [0.15, 0.2) is 47.5 Å². The second-order valence-electron chi connectivity index (χ2n) is 4.95. The SMILES string of the molecule is O=C(CN1C(=O)N/C(=C/c2cccs2)C1=O)Nc1ccc(F)cc1. The Hall–Kier alpha value is -3.00. The Balaban J connectivity index is 1.66. The summed E-state index contributed by atoms with van der Waals surface area (Å²) in [7, 11) is 0. The first-order chi connectivity index (χ1) is 11.5. The van der Waals surface area contributed by atoms with E-state index in [4.69, 9.17) is 0 Å². The molecule has 0 unspecified atom stereocenters. The summed E-state index contributed by atoms with van der Waals surface area (Å²) < 4.78 is 12.8. The van der Waals surface area contributed by atoms with Crippen LogP contribution in [0.3, 0.4) is 0 Å². The van der Waals surface area contributed by atoms with Crippen LogP contribution in [0.5, 0.6) is 0 Å². The van der Waals surface area contributed by atoms with Gasteiger partial charge in [-0.05, 0) is 41.8 Å². The number of imide groups is 1. The number of urea groups is 1. The summed E-state index contributed by atoms with van der Waals surface area (Å²) in [6, 6.07) is 8.16. The molecule has 3 rings (SSSR count). The van der Waals surface area contributed by atoms with Gasteiger partial charge in [0.05, 0.1) is 0 Å². The Labute approximate surface area is 140 Å². The zero-order valence-corrected chi connectivity index (χ0v) is 13.1. The molecule has 0 saturated carbocycles. The van der Waals surface area contributed by atoms with Crippen LogP contribution >= 0.6 is 11.3 Å². The number of hydrogen-bond donors (Lipinski definition) is 2. The van der Waals surface area contributed by atoms with Crippen LogP contribution in [0.2, 0.25) is 0 Å². The van der Waals surface area contributed by atoms with Crippen LogP contribution in [0.1, 0.15) is 4.88 Å². The minimum Gasteiger partial charge on any atom is -0.325 e. The quantitative estimate of drug-likeness (QED) is 0.660. The predicted molar refractivity (Wildman–Crippen MR) is 87.6 cm³/mol. The molecule has 1 saturated heterocycles. The van der Waals surface area contributed by atoms with Crippen molar-refractivity contribution < 1.29 is 18.8 Å². The summed E-state index contributed by atoms with van der Waals surface area (Å²) in [5, 5.41) is 6.79. The average molecular weight is 345 g/mol. The molecule has 0 spiro atoms. The number of nitrogens with one attached hydrogen (secondary N) is 2. The fourth-order valence-electron chi connectivity index (χ4n) is 2.11. The van der Waals surface area contributed by atoms with Crippen molar-refractivity contribution in [1.82, 2.24) is 10.2 Å². The zero-order valence-electron chi connectivity index (χ0n) is 12.3. The monoisotopic (exact) mass is 345 g/mol. The third-order valence-corrected chi connectivity index (χ3v) is 4.04. The summed E-state index contributed by atoms with van der Waals surface area (Å²) in [6.45, 7) is -0.427. The van der Waals surface area contributed by atoms with Crippen LogP contribution in [-0.4, -0.2) is 29.3 Å². The van der Waals surface area contributed by atoms with Crippen LogP contribution in [0.4, 0.5) is 14.9 Å². The van der Waals surface area contributed by atoms with E-state index in [0.717, 1.165) is 9.78 Å². The summed E-state index contributed by atoms with van der Waals surface area (Å²) in [5.74, 6) is -1.55. The fourth-order valence-corrected chi connectivity index (χ4v) is 2.77. The Morgan fingerprint density at radius 3 is 2.67 bits per heavy atom. The standard InChI is InChI=1S/C16H12FN3O3S/c17-10-3-5-11(6-4-10)18-14(21)9-20-15(22)13(19-16(20)23)8-12-2-1-7-24-12/h1-8H,9H2,(H,18,21)(H,19,23)/b13-8+. The van der Waals surface area contributed by atoms with E-state index in [1.807, 2.05) is 11.4 Å². The number of carbonyl (C=O) groups excluding carboxylic acids is 3. The molecule has 1 aliphatic rings. The highest BCUT2D eigenvalue weighted by Crippen LogP contribution is 2.17. The number of amides is 4. The van der Waals surface area contributed by atoms with Gasteiger partial charge in [-0.3, -0.25) is 9.59 Å². The van der Waals surface area contributed by atoms with Gasteiger partial charge in [0, 0.05) is 10.6 Å². The summed E-state index contributed by atoms with van der Waals surface area (Å²) in [4.78, 5) is 37.7. The highest BCUT2D eigenvalue weighted by molar-refractivity contribution is 7.10. The van der Waals surface area contributed by atoms with Crippen molar-refractivity contribution in [2.45, 2.75) is 0 Å². The lowest BCUT2D eigenvalue weighted by molar-refractivity contribution is -0.127. The molecule has 1 aromatic heterocycles. The van der Waals surface area contributed by atoms with Gasteiger partial charge < -0.3 is 10.6 Å². The lowest BCUT2D eigenvalue weighted by atomic mass is 10.3. The Morgan fingerprint density at radius 2 is 2.00 bits per heavy atom. The topological polar surface area (TPSA) is 78.5 Å². The fraction of sp³-hybridized carbons (Fsp3) is 0.0625. The molecule has 1 aromatic carbocycles. The number of carbonyl (C=O) groups is 3. The third kappa shape index (κ3) is 3.49. The zero-order chi connectivity index (χ0) is 17.1. The third-order valence-electron chi connectivity index (χ3n) is 3.22. The Bertz CT molecular complexity index is 816. The van der Waals surface area contributed by atoms with Gasteiger partial charge in [0.25, 0.3) is 5.91 Å². The van der Waals surface area contributed by atoms with E-state index >= 15 is 0 Å². The molecule has 8 heteroatoms. The number of nitrogens with zero attached hydrogens (tertiary/aromatic N) is 1. The number of anilines is 1. The maximum atomic E-state index is 12.8. The highest BCUT2D eigenvalue weighted by atomic mass is 32.1. The first-order valence-corrected chi connectivity index (χ1v) is 7.84. The van der Waals surface area contributed by atoms with E-state index in [0.29, 0.717) is 5.69 Å². The Kier molecular flexibility index (Phi) is 4.39. The van der Waals surface area contributed by atoms with Crippen molar-refractivity contribution in [3.05, 3.63) is 58.2 Å². The van der Waals surface area contributed by atoms with E-state index in [2.05, 4.69) is 10.6 Å². The second-order valence-corrected chi connectivity index (χ2v) is 5.93. The molecule has 2 N–H and O–H groups in total. The normalized spacial score (nSPS) is 15.7. The first-order valence-electron chi connectivity index (χ1n) is 6.96. The van der Waals surface area contributed by atoms with Crippen molar-refractivity contribution >= 4 is 40.9 Å². The molecule has 2 aromatic rings. The van der Waals surface area contributed by atoms with Crippen molar-refractivity contribution in [1.29, 1.82) is 0 Å². The minimum absolute atomic E-state index is 0.122. The van der Waals surface area contributed by atoms with E-state index in [1.165, 1.54) is 35.6 Å². The van der Waals surface area contributed by atoms with E-state index in [1.54, 1.807) is 12.1 Å². The van der Waals surface area contributed by atoms with Crippen LogP contribution in [-0.2, 0) is 9.59 Å². The van der Waals surface area contributed by atoms with Crippen LogP contribution in [0, 0.1) is 5.82 Å². The minimum atomic E-state index is -0.655. The lowest BCUT2D eigenvalue weighted by Gasteiger charge is -2.11. The van der Waals surface area contributed by atoms with Crippen molar-refractivity contribution in [3.8, 4) is 0 Å². The molecule has 122 valence electrons. The number of halogens is 1. The van der Waals surface area contributed by atoms with E-state index in [9.17, 15) is 18.8 Å². The molecular formula is C16H12FN3O3S. The molecule has 1 aliphatic heterocycles. The van der Waals surface area contributed by atoms with Crippen molar-refractivity contribution in [2.24, 2.45) is 0 Å². The Morgan fingerprint density at radius 1 is 1.25 bits per heavy atom. The van der Waals surface area contributed by atoms with E-state index < -0.39 is 30.2 Å². The highest BCUT2D eigenvalue weighted by Gasteiger charge is 2.34. The smallest absolute Gasteiger partial charge is 0.325 e. The summed E-state index contributed by atoms with van der Waals surface area (Å²) in [5.41, 5.74) is 0.500. The van der Waals surface area contributed by atoms with Crippen molar-refractivity contribution in [2.75, 3.05) is 11.9 Å². The van der Waals surface area contributed by atoms with Crippen LogP contribution < -0.4 is 10.6 Å². The van der Waals surface area contributed by atoms with E-state index in [-0.39, 0.29) is 5.70 Å². The molecule has 0 radical (unpaired) electrons. The molecular weight excluding hydrogens is 333 g/mol. The lowest BCUT2D eigenvalue weighted by Crippen LogP contribution is -2.38. The van der Waals surface area contributed by atoms with Gasteiger partial charge in [-0.15, -0.1) is 11.3 Å². The maximum absolute atomic E-state index is 12.8. The molecule has 0 atom stereocenters. The molecule has 24 heavy (non-hydrogen) atoms. The van der Waals surface area contributed by atoms with Gasteiger partial charge >= 0.3 is 6.03 Å². The molecule has 4 amide bonds. The average Bonchev–Trinajstić information content (AvgIpc) is 3.14. The van der Waals surface area contributed by atoms with Gasteiger partial charge in [-0.2, -0.15) is 0 Å². The molecule has 0 bridgehead atoms. The molecule has 0 aliphatic carbocycles. The summed E-state index contributed by atoms with van der Waals surface area (Å²) in [6.07, 6.45) is 1.56. The van der Waals surface area contributed by atoms with Gasteiger partial charge in [0.1, 0.15) is 18.1 Å². The molecule has 1 fully saturated rings. The van der Waals surface area contributed by atoms with Gasteiger partial charge in [0.2, 0.25) is 5.91 Å². The van der Waals surface area contributed by atoms with Gasteiger partial charge in [0.15, 0.2) is 0 Å². The largest absolute Gasteiger partial charge is 0.329 e. The number of benzene rings is 1. The molecule has 2 heterocycles.